The fraction of sp³-hybridized carbons (Fsp3) is 0.222. The molecule has 0 unspecified atom stereocenters. The molecule has 0 aliphatic rings. The van der Waals surface area contributed by atoms with E-state index in [1.165, 1.54) is 12.4 Å². The van der Waals surface area contributed by atoms with Gasteiger partial charge in [0.1, 0.15) is 6.04 Å². The lowest BCUT2D eigenvalue weighted by Gasteiger charge is -2.22. The van der Waals surface area contributed by atoms with Gasteiger partial charge in [-0.15, -0.1) is 0 Å². The molecule has 24 heavy (non-hydrogen) atoms. The first-order valence-electron chi connectivity index (χ1n) is 7.46. The smallest absolute Gasteiger partial charge is 0.265 e. The van der Waals surface area contributed by atoms with E-state index in [-0.39, 0.29) is 5.56 Å². The first-order valence-corrected chi connectivity index (χ1v) is 7.46. The largest absolute Gasteiger partial charge is 0.341 e. The molecule has 0 bridgehead atoms. The molecule has 2 aromatic carbocycles. The van der Waals surface area contributed by atoms with Crippen LogP contribution in [0.15, 0.2) is 54.6 Å². The molecule has 0 aromatic heterocycles. The van der Waals surface area contributed by atoms with E-state index < -0.39 is 23.5 Å². The number of carbonyl (C=O) groups is 2. The van der Waals surface area contributed by atoms with Crippen molar-refractivity contribution in [1.29, 1.82) is 0 Å². The zero-order valence-electron chi connectivity index (χ0n) is 13.4. The lowest BCUT2D eigenvalue weighted by Crippen LogP contribution is -2.49. The highest BCUT2D eigenvalue weighted by Gasteiger charge is 2.36. The molecular weight excluding hydrogens is 311 g/mol. The van der Waals surface area contributed by atoms with Crippen molar-refractivity contribution in [2.45, 2.75) is 25.6 Å². The van der Waals surface area contributed by atoms with Crippen molar-refractivity contribution in [3.8, 4) is 11.1 Å². The van der Waals surface area contributed by atoms with Crippen molar-refractivity contribution in [1.82, 2.24) is 10.8 Å². The number of alkyl halides is 1. The fourth-order valence-corrected chi connectivity index (χ4v) is 2.23. The van der Waals surface area contributed by atoms with Gasteiger partial charge in [-0.25, -0.2) is 9.87 Å². The Bertz CT molecular complexity index is 715. The van der Waals surface area contributed by atoms with Crippen molar-refractivity contribution < 1.29 is 19.2 Å². The highest BCUT2D eigenvalue weighted by Crippen LogP contribution is 2.28. The summed E-state index contributed by atoms with van der Waals surface area (Å²) >= 11 is 0. The molecule has 2 rings (SSSR count). The Kier molecular flexibility index (Phi) is 5.31. The standard InChI is InChI=1S/C18H19FN2O3/c1-12(16(22)21-24)20-17(23)18(2,19)15-10-8-14(9-11-15)13-6-4-3-5-7-13/h3-12,24H,1-2H3,(H,20,23)(H,21,22)/t12-,18+/m0/s1. The van der Waals surface area contributed by atoms with Gasteiger partial charge in [-0.2, -0.15) is 0 Å². The molecule has 0 fully saturated rings. The maximum Gasteiger partial charge on any atom is 0.265 e. The normalized spacial score (nSPS) is 14.3. The van der Waals surface area contributed by atoms with Crippen LogP contribution in [0, 0.1) is 0 Å². The number of halogens is 1. The van der Waals surface area contributed by atoms with E-state index in [1.807, 2.05) is 30.3 Å². The van der Waals surface area contributed by atoms with Crippen LogP contribution >= 0.6 is 0 Å². The second kappa shape index (κ2) is 7.23. The van der Waals surface area contributed by atoms with Gasteiger partial charge in [-0.3, -0.25) is 14.8 Å². The zero-order valence-corrected chi connectivity index (χ0v) is 13.4. The monoisotopic (exact) mass is 330 g/mol. The van der Waals surface area contributed by atoms with Gasteiger partial charge in [0.05, 0.1) is 0 Å². The second-order valence-corrected chi connectivity index (χ2v) is 5.62. The van der Waals surface area contributed by atoms with Gasteiger partial charge in [0.2, 0.25) is 5.67 Å². The third kappa shape index (κ3) is 3.78. The van der Waals surface area contributed by atoms with Gasteiger partial charge in [-0.1, -0.05) is 54.6 Å². The van der Waals surface area contributed by atoms with Crippen LogP contribution in [-0.4, -0.2) is 23.1 Å². The summed E-state index contributed by atoms with van der Waals surface area (Å²) < 4.78 is 14.9. The summed E-state index contributed by atoms with van der Waals surface area (Å²) in [6.07, 6.45) is 0. The summed E-state index contributed by atoms with van der Waals surface area (Å²) in [5, 5.41) is 10.8. The van der Waals surface area contributed by atoms with E-state index in [0.717, 1.165) is 18.1 Å². The SMILES string of the molecule is C[C@H](NC(=O)[C@](C)(F)c1ccc(-c2ccccc2)cc1)C(=O)NO. The van der Waals surface area contributed by atoms with Crippen molar-refractivity contribution in [2.75, 3.05) is 0 Å². The number of hydroxylamine groups is 1. The van der Waals surface area contributed by atoms with Crippen LogP contribution in [0.2, 0.25) is 0 Å². The third-order valence-electron chi connectivity index (χ3n) is 3.81. The van der Waals surface area contributed by atoms with Gasteiger partial charge < -0.3 is 5.32 Å². The Labute approximate surface area is 139 Å². The lowest BCUT2D eigenvalue weighted by molar-refractivity contribution is -0.138. The summed E-state index contributed by atoms with van der Waals surface area (Å²) in [7, 11) is 0. The van der Waals surface area contributed by atoms with Gasteiger partial charge in [0.15, 0.2) is 0 Å². The topological polar surface area (TPSA) is 78.4 Å². The molecule has 0 aliphatic heterocycles. The summed E-state index contributed by atoms with van der Waals surface area (Å²) in [5.41, 5.74) is 1.18. The first kappa shape index (κ1) is 17.6. The van der Waals surface area contributed by atoms with Crippen molar-refractivity contribution >= 4 is 11.8 Å². The molecule has 0 aliphatic carbocycles. The third-order valence-corrected chi connectivity index (χ3v) is 3.81. The average Bonchev–Trinajstić information content (AvgIpc) is 2.61. The van der Waals surface area contributed by atoms with E-state index in [4.69, 9.17) is 5.21 Å². The minimum Gasteiger partial charge on any atom is -0.341 e. The zero-order chi connectivity index (χ0) is 17.7. The number of carbonyl (C=O) groups excluding carboxylic acids is 2. The molecule has 5 nitrogen and oxygen atoms in total. The number of rotatable bonds is 5. The second-order valence-electron chi connectivity index (χ2n) is 5.62. The molecule has 6 heteroatoms. The highest BCUT2D eigenvalue weighted by molar-refractivity contribution is 5.91. The number of hydrogen-bond donors (Lipinski definition) is 3. The molecule has 2 aromatic rings. The van der Waals surface area contributed by atoms with Crippen molar-refractivity contribution in [3.63, 3.8) is 0 Å². The van der Waals surface area contributed by atoms with Gasteiger partial charge in [0, 0.05) is 0 Å². The van der Waals surface area contributed by atoms with Crippen LogP contribution in [0.5, 0.6) is 0 Å². The Morgan fingerprint density at radius 3 is 2.12 bits per heavy atom. The van der Waals surface area contributed by atoms with Crippen LogP contribution in [0.4, 0.5) is 4.39 Å². The number of hydrogen-bond acceptors (Lipinski definition) is 3. The van der Waals surface area contributed by atoms with Gasteiger partial charge >= 0.3 is 0 Å². The Balaban J connectivity index is 2.17. The molecule has 2 amide bonds. The number of nitrogens with one attached hydrogen (secondary N) is 2. The van der Waals surface area contributed by atoms with Gasteiger partial charge in [0.25, 0.3) is 11.8 Å². The number of benzene rings is 2. The molecule has 2 atom stereocenters. The summed E-state index contributed by atoms with van der Waals surface area (Å²) in [5.74, 6) is -1.77. The van der Waals surface area contributed by atoms with Crippen LogP contribution in [0.3, 0.4) is 0 Å². The highest BCUT2D eigenvalue weighted by atomic mass is 19.1. The molecular formula is C18H19FN2O3. The Hall–Kier alpha value is -2.73. The Morgan fingerprint density at radius 2 is 1.58 bits per heavy atom. The maximum atomic E-state index is 14.9. The summed E-state index contributed by atoms with van der Waals surface area (Å²) in [4.78, 5) is 23.3. The quantitative estimate of drug-likeness (QED) is 0.582. The predicted molar refractivity (Wildman–Crippen MR) is 87.9 cm³/mol. The number of amides is 2. The van der Waals surface area contributed by atoms with Gasteiger partial charge in [-0.05, 0) is 30.5 Å². The molecule has 126 valence electrons. The molecule has 0 radical (unpaired) electrons. The van der Waals surface area contributed by atoms with Crippen LogP contribution in [0.1, 0.15) is 19.4 Å². The van der Waals surface area contributed by atoms with E-state index >= 15 is 0 Å². The predicted octanol–water partition coefficient (Wildman–Crippen LogP) is 2.55. The van der Waals surface area contributed by atoms with E-state index in [9.17, 15) is 14.0 Å². The molecule has 0 heterocycles. The van der Waals surface area contributed by atoms with E-state index in [1.54, 1.807) is 24.3 Å². The average molecular weight is 330 g/mol. The van der Waals surface area contributed by atoms with E-state index in [0.29, 0.717) is 0 Å². The van der Waals surface area contributed by atoms with Crippen molar-refractivity contribution in [2.24, 2.45) is 0 Å². The van der Waals surface area contributed by atoms with Crippen LogP contribution in [-0.2, 0) is 15.3 Å². The molecule has 0 saturated heterocycles. The molecule has 0 spiro atoms. The van der Waals surface area contributed by atoms with Crippen molar-refractivity contribution in [3.05, 3.63) is 60.2 Å². The summed E-state index contributed by atoms with van der Waals surface area (Å²) in [6, 6.07) is 15.1. The summed E-state index contributed by atoms with van der Waals surface area (Å²) in [6.45, 7) is 2.47. The van der Waals surface area contributed by atoms with Crippen LogP contribution in [0.25, 0.3) is 11.1 Å². The maximum absolute atomic E-state index is 14.9. The minimum absolute atomic E-state index is 0.177. The first-order chi connectivity index (χ1) is 11.4. The Morgan fingerprint density at radius 1 is 1.04 bits per heavy atom. The van der Waals surface area contributed by atoms with Crippen LogP contribution < -0.4 is 10.8 Å². The fourth-order valence-electron chi connectivity index (χ4n) is 2.23. The van der Waals surface area contributed by atoms with E-state index in [2.05, 4.69) is 5.32 Å². The molecule has 0 saturated carbocycles. The lowest BCUT2D eigenvalue weighted by atomic mass is 9.94. The molecule has 3 N–H and O–H groups in total. The minimum atomic E-state index is -2.31.